The smallest absolute Gasteiger partial charge is 0.270 e. The SMILES string of the molecule is CNc1ccc([N+](=O)[O-])cc1C(=O)NCc1ccc(C(=O)N2CCN(C)CC2)cc1. The number of benzene rings is 2. The number of anilines is 1. The average Bonchev–Trinajstić information content (AvgIpc) is 2.77. The number of nitrogens with one attached hydrogen (secondary N) is 2. The number of carbonyl (C=O) groups excluding carboxylic acids is 2. The van der Waals surface area contributed by atoms with Crippen LogP contribution in [0.4, 0.5) is 11.4 Å². The number of carbonyl (C=O) groups is 2. The zero-order valence-corrected chi connectivity index (χ0v) is 17.1. The molecule has 9 heteroatoms. The number of piperazine rings is 1. The van der Waals surface area contributed by atoms with E-state index < -0.39 is 10.8 Å². The Bertz CT molecular complexity index is 937. The molecule has 1 heterocycles. The van der Waals surface area contributed by atoms with Crippen LogP contribution in [-0.2, 0) is 6.54 Å². The third-order valence-corrected chi connectivity index (χ3v) is 5.17. The van der Waals surface area contributed by atoms with Crippen molar-refractivity contribution < 1.29 is 14.5 Å². The van der Waals surface area contributed by atoms with Crippen LogP contribution in [-0.4, -0.2) is 66.8 Å². The molecule has 0 unspecified atom stereocenters. The van der Waals surface area contributed by atoms with Crippen molar-refractivity contribution in [2.75, 3.05) is 45.6 Å². The van der Waals surface area contributed by atoms with E-state index in [1.165, 1.54) is 18.2 Å². The Balaban J connectivity index is 1.62. The molecule has 1 aliphatic rings. The molecule has 0 saturated carbocycles. The van der Waals surface area contributed by atoms with Gasteiger partial charge in [0.2, 0.25) is 0 Å². The zero-order valence-electron chi connectivity index (χ0n) is 17.1. The minimum absolute atomic E-state index is 0.00828. The number of amides is 2. The van der Waals surface area contributed by atoms with Crippen LogP contribution in [0.5, 0.6) is 0 Å². The van der Waals surface area contributed by atoms with Gasteiger partial charge in [0, 0.05) is 63.2 Å². The Kier molecular flexibility index (Phi) is 6.63. The molecule has 1 saturated heterocycles. The minimum Gasteiger partial charge on any atom is -0.387 e. The van der Waals surface area contributed by atoms with E-state index in [9.17, 15) is 19.7 Å². The van der Waals surface area contributed by atoms with Gasteiger partial charge >= 0.3 is 0 Å². The molecule has 2 aromatic carbocycles. The molecule has 2 aromatic rings. The quantitative estimate of drug-likeness (QED) is 0.556. The molecule has 1 aliphatic heterocycles. The van der Waals surface area contributed by atoms with Gasteiger partial charge in [0.25, 0.3) is 17.5 Å². The Morgan fingerprint density at radius 1 is 1.07 bits per heavy atom. The van der Waals surface area contributed by atoms with Gasteiger partial charge in [-0.1, -0.05) is 12.1 Å². The first-order chi connectivity index (χ1) is 14.4. The zero-order chi connectivity index (χ0) is 21.7. The summed E-state index contributed by atoms with van der Waals surface area (Å²) in [7, 11) is 3.69. The van der Waals surface area contributed by atoms with Crippen LogP contribution in [0.1, 0.15) is 26.3 Å². The highest BCUT2D eigenvalue weighted by Crippen LogP contribution is 2.22. The highest BCUT2D eigenvalue weighted by Gasteiger charge is 2.20. The Morgan fingerprint density at radius 3 is 2.33 bits per heavy atom. The van der Waals surface area contributed by atoms with E-state index in [-0.39, 0.29) is 23.7 Å². The molecular formula is C21H25N5O4. The molecule has 2 amide bonds. The van der Waals surface area contributed by atoms with Crippen LogP contribution in [0.15, 0.2) is 42.5 Å². The fourth-order valence-corrected chi connectivity index (χ4v) is 3.29. The molecule has 1 fully saturated rings. The third kappa shape index (κ3) is 4.93. The van der Waals surface area contributed by atoms with Crippen molar-refractivity contribution in [2.24, 2.45) is 0 Å². The van der Waals surface area contributed by atoms with Crippen molar-refractivity contribution in [3.8, 4) is 0 Å². The second kappa shape index (κ2) is 9.36. The number of hydrogen-bond acceptors (Lipinski definition) is 6. The number of likely N-dealkylation sites (N-methyl/N-ethyl adjacent to an activating group) is 1. The lowest BCUT2D eigenvalue weighted by Crippen LogP contribution is -2.47. The van der Waals surface area contributed by atoms with Gasteiger partial charge in [0.1, 0.15) is 0 Å². The van der Waals surface area contributed by atoms with Gasteiger partial charge in [-0.2, -0.15) is 0 Å². The summed E-state index contributed by atoms with van der Waals surface area (Å²) < 4.78 is 0. The molecular weight excluding hydrogens is 386 g/mol. The molecule has 30 heavy (non-hydrogen) atoms. The second-order valence-corrected chi connectivity index (χ2v) is 7.21. The van der Waals surface area contributed by atoms with Crippen molar-refractivity contribution in [2.45, 2.75) is 6.54 Å². The molecule has 158 valence electrons. The van der Waals surface area contributed by atoms with Crippen LogP contribution >= 0.6 is 0 Å². The van der Waals surface area contributed by atoms with E-state index in [4.69, 9.17) is 0 Å². The highest BCUT2D eigenvalue weighted by atomic mass is 16.6. The van der Waals surface area contributed by atoms with Crippen molar-refractivity contribution >= 4 is 23.2 Å². The van der Waals surface area contributed by atoms with Gasteiger partial charge in [-0.05, 0) is 30.8 Å². The van der Waals surface area contributed by atoms with Gasteiger partial charge in [0.15, 0.2) is 0 Å². The number of hydrogen-bond donors (Lipinski definition) is 2. The first-order valence-corrected chi connectivity index (χ1v) is 9.70. The van der Waals surface area contributed by atoms with Crippen molar-refractivity contribution in [1.82, 2.24) is 15.1 Å². The first-order valence-electron chi connectivity index (χ1n) is 9.70. The molecule has 9 nitrogen and oxygen atoms in total. The van der Waals surface area contributed by atoms with Crippen molar-refractivity contribution in [3.63, 3.8) is 0 Å². The Hall–Kier alpha value is -3.46. The number of nitrogens with zero attached hydrogens (tertiary/aromatic N) is 3. The predicted molar refractivity (Wildman–Crippen MR) is 114 cm³/mol. The molecule has 0 bridgehead atoms. The van der Waals surface area contributed by atoms with Gasteiger partial charge in [-0.15, -0.1) is 0 Å². The molecule has 2 N–H and O–H groups in total. The monoisotopic (exact) mass is 411 g/mol. The molecule has 0 radical (unpaired) electrons. The largest absolute Gasteiger partial charge is 0.387 e. The van der Waals surface area contributed by atoms with Crippen molar-refractivity contribution in [3.05, 3.63) is 69.3 Å². The summed E-state index contributed by atoms with van der Waals surface area (Å²) in [4.78, 5) is 39.6. The maximum atomic E-state index is 12.6. The number of non-ortho nitro benzene ring substituents is 1. The van der Waals surface area contributed by atoms with Gasteiger partial charge in [-0.3, -0.25) is 19.7 Å². The van der Waals surface area contributed by atoms with E-state index in [0.717, 1.165) is 18.7 Å². The number of nitro groups is 1. The first kappa shape index (κ1) is 21.3. The Labute approximate surface area is 174 Å². The number of nitro benzene ring substituents is 1. The van der Waals surface area contributed by atoms with E-state index in [1.807, 2.05) is 11.9 Å². The summed E-state index contributed by atoms with van der Waals surface area (Å²) in [5.74, 6) is -0.408. The lowest BCUT2D eigenvalue weighted by molar-refractivity contribution is -0.384. The molecule has 0 spiro atoms. The molecule has 0 aliphatic carbocycles. The van der Waals surface area contributed by atoms with Gasteiger partial charge in [-0.25, -0.2) is 0 Å². The van der Waals surface area contributed by atoms with Crippen LogP contribution in [0, 0.1) is 10.1 Å². The topological polar surface area (TPSA) is 108 Å². The standard InChI is InChI=1S/C21H25N5O4/c1-22-19-8-7-17(26(29)30)13-18(19)20(27)23-14-15-3-5-16(6-4-15)21(28)25-11-9-24(2)10-12-25/h3-8,13,22H,9-12,14H2,1-2H3,(H,23,27). The van der Waals surface area contributed by atoms with E-state index in [2.05, 4.69) is 15.5 Å². The summed E-state index contributed by atoms with van der Waals surface area (Å²) >= 11 is 0. The summed E-state index contributed by atoms with van der Waals surface area (Å²) in [6.07, 6.45) is 0. The summed E-state index contributed by atoms with van der Waals surface area (Å²) in [5.41, 5.74) is 2.01. The lowest BCUT2D eigenvalue weighted by Gasteiger charge is -2.32. The normalized spacial score (nSPS) is 14.3. The third-order valence-electron chi connectivity index (χ3n) is 5.17. The molecule has 3 rings (SSSR count). The lowest BCUT2D eigenvalue weighted by atomic mass is 10.1. The van der Waals surface area contributed by atoms with Gasteiger partial charge < -0.3 is 20.4 Å². The van der Waals surface area contributed by atoms with Crippen LogP contribution in [0.25, 0.3) is 0 Å². The highest BCUT2D eigenvalue weighted by molar-refractivity contribution is 6.00. The van der Waals surface area contributed by atoms with Crippen LogP contribution in [0.2, 0.25) is 0 Å². The number of rotatable bonds is 6. The van der Waals surface area contributed by atoms with E-state index in [0.29, 0.717) is 24.3 Å². The maximum Gasteiger partial charge on any atom is 0.270 e. The second-order valence-electron chi connectivity index (χ2n) is 7.21. The average molecular weight is 411 g/mol. The summed E-state index contributed by atoms with van der Waals surface area (Å²) in [6, 6.07) is 11.2. The van der Waals surface area contributed by atoms with E-state index >= 15 is 0 Å². The summed E-state index contributed by atoms with van der Waals surface area (Å²) in [5, 5.41) is 16.6. The van der Waals surface area contributed by atoms with E-state index in [1.54, 1.807) is 31.3 Å². The van der Waals surface area contributed by atoms with Crippen LogP contribution in [0.3, 0.4) is 0 Å². The maximum absolute atomic E-state index is 12.6. The fourth-order valence-electron chi connectivity index (χ4n) is 3.29. The Morgan fingerprint density at radius 2 is 1.73 bits per heavy atom. The molecule has 0 atom stereocenters. The minimum atomic E-state index is -0.535. The summed E-state index contributed by atoms with van der Waals surface area (Å²) in [6.45, 7) is 3.40. The van der Waals surface area contributed by atoms with Crippen LogP contribution < -0.4 is 10.6 Å². The predicted octanol–water partition coefficient (Wildman–Crippen LogP) is 1.95. The van der Waals surface area contributed by atoms with Crippen molar-refractivity contribution in [1.29, 1.82) is 0 Å². The molecule has 0 aromatic heterocycles. The van der Waals surface area contributed by atoms with Gasteiger partial charge in [0.05, 0.1) is 10.5 Å². The fraction of sp³-hybridized carbons (Fsp3) is 0.333.